The summed E-state index contributed by atoms with van der Waals surface area (Å²) in [5.74, 6) is 0.640. The molecule has 0 aliphatic heterocycles. The van der Waals surface area contributed by atoms with Gasteiger partial charge < -0.3 is 4.90 Å². The molecule has 0 spiro atoms. The largest absolute Gasteiger partial charge is 0.405 e. The third kappa shape index (κ3) is 4.07. The van der Waals surface area contributed by atoms with E-state index in [1.807, 2.05) is 0 Å². The molecule has 17 heavy (non-hydrogen) atoms. The standard InChI is InChI=1S/C11H14ClF3N2/c1-3-17(7-11(13,14)15)10-5-4-9(6-12)8(2)16-10/h4-5H,3,6-7H2,1-2H3. The second-order valence-corrected chi connectivity index (χ2v) is 3.94. The maximum absolute atomic E-state index is 12.3. The van der Waals surface area contributed by atoms with Crippen LogP contribution in [0.25, 0.3) is 0 Å². The molecule has 0 N–H and O–H groups in total. The van der Waals surface area contributed by atoms with Gasteiger partial charge in [-0.25, -0.2) is 4.98 Å². The van der Waals surface area contributed by atoms with Crippen LogP contribution in [0.1, 0.15) is 18.2 Å². The van der Waals surface area contributed by atoms with E-state index in [0.717, 1.165) is 5.56 Å². The van der Waals surface area contributed by atoms with E-state index in [2.05, 4.69) is 4.98 Å². The summed E-state index contributed by atoms with van der Waals surface area (Å²) in [7, 11) is 0. The van der Waals surface area contributed by atoms with E-state index in [9.17, 15) is 13.2 Å². The van der Waals surface area contributed by atoms with Gasteiger partial charge >= 0.3 is 6.18 Å². The van der Waals surface area contributed by atoms with Crippen molar-refractivity contribution in [3.8, 4) is 0 Å². The van der Waals surface area contributed by atoms with Crippen molar-refractivity contribution in [2.45, 2.75) is 25.9 Å². The molecule has 1 heterocycles. The normalized spacial score (nSPS) is 11.6. The molecule has 1 rings (SSSR count). The Labute approximate surface area is 103 Å². The zero-order valence-corrected chi connectivity index (χ0v) is 10.4. The van der Waals surface area contributed by atoms with Gasteiger partial charge in [0.25, 0.3) is 0 Å². The van der Waals surface area contributed by atoms with Gasteiger partial charge in [0.2, 0.25) is 0 Å². The number of rotatable bonds is 4. The molecular formula is C11H14ClF3N2. The van der Waals surface area contributed by atoms with Crippen LogP contribution in [0.3, 0.4) is 0 Å². The maximum Gasteiger partial charge on any atom is 0.405 e. The van der Waals surface area contributed by atoms with E-state index >= 15 is 0 Å². The first-order valence-electron chi connectivity index (χ1n) is 5.21. The van der Waals surface area contributed by atoms with E-state index < -0.39 is 12.7 Å². The highest BCUT2D eigenvalue weighted by molar-refractivity contribution is 6.17. The van der Waals surface area contributed by atoms with Gasteiger partial charge in [-0.1, -0.05) is 6.07 Å². The summed E-state index contributed by atoms with van der Waals surface area (Å²) in [4.78, 5) is 5.33. The van der Waals surface area contributed by atoms with Gasteiger partial charge in [-0.05, 0) is 25.5 Å². The molecule has 0 aliphatic carbocycles. The van der Waals surface area contributed by atoms with Crippen molar-refractivity contribution in [3.63, 3.8) is 0 Å². The molecule has 0 aromatic carbocycles. The molecule has 0 radical (unpaired) electrons. The highest BCUT2D eigenvalue weighted by Gasteiger charge is 2.30. The SMILES string of the molecule is CCN(CC(F)(F)F)c1ccc(CCl)c(C)n1. The van der Waals surface area contributed by atoms with Gasteiger partial charge in [-0.3, -0.25) is 0 Å². The van der Waals surface area contributed by atoms with E-state index in [1.54, 1.807) is 26.0 Å². The number of anilines is 1. The van der Waals surface area contributed by atoms with E-state index in [-0.39, 0.29) is 6.54 Å². The first-order chi connectivity index (χ1) is 7.87. The number of halogens is 4. The summed E-state index contributed by atoms with van der Waals surface area (Å²) in [6, 6.07) is 3.28. The molecule has 2 nitrogen and oxygen atoms in total. The molecule has 1 aromatic heterocycles. The van der Waals surface area contributed by atoms with Crippen LogP contribution in [0.2, 0.25) is 0 Å². The van der Waals surface area contributed by atoms with Crippen LogP contribution < -0.4 is 4.90 Å². The lowest BCUT2D eigenvalue weighted by Crippen LogP contribution is -2.34. The second kappa shape index (κ2) is 5.58. The summed E-state index contributed by atoms with van der Waals surface area (Å²) in [5.41, 5.74) is 1.50. The van der Waals surface area contributed by atoms with Crippen LogP contribution in [-0.4, -0.2) is 24.2 Å². The number of alkyl halides is 4. The minimum absolute atomic E-state index is 0.256. The van der Waals surface area contributed by atoms with Gasteiger partial charge in [0, 0.05) is 18.1 Å². The van der Waals surface area contributed by atoms with Gasteiger partial charge in [-0.15, -0.1) is 11.6 Å². The average molecular weight is 267 g/mol. The third-order valence-electron chi connectivity index (χ3n) is 2.40. The highest BCUT2D eigenvalue weighted by atomic mass is 35.5. The van der Waals surface area contributed by atoms with E-state index in [4.69, 9.17) is 11.6 Å². The summed E-state index contributed by atoms with van der Waals surface area (Å²) in [5, 5.41) is 0. The average Bonchev–Trinajstić information content (AvgIpc) is 2.24. The number of hydrogen-bond donors (Lipinski definition) is 0. The molecule has 0 aliphatic rings. The Bertz CT molecular complexity index is 379. The third-order valence-corrected chi connectivity index (χ3v) is 2.69. The molecule has 0 atom stereocenters. The van der Waals surface area contributed by atoms with Crippen molar-refractivity contribution in [2.24, 2.45) is 0 Å². The molecule has 0 saturated carbocycles. The van der Waals surface area contributed by atoms with Crippen molar-refractivity contribution in [1.29, 1.82) is 0 Å². The first kappa shape index (κ1) is 14.1. The minimum Gasteiger partial charge on any atom is -0.348 e. The molecule has 0 unspecified atom stereocenters. The molecule has 1 aromatic rings. The summed E-state index contributed by atoms with van der Waals surface area (Å²) in [6.45, 7) is 2.67. The van der Waals surface area contributed by atoms with Gasteiger partial charge in [-0.2, -0.15) is 13.2 Å². The summed E-state index contributed by atoms with van der Waals surface area (Å²) < 4.78 is 37.0. The van der Waals surface area contributed by atoms with E-state index in [1.165, 1.54) is 4.90 Å². The van der Waals surface area contributed by atoms with Crippen molar-refractivity contribution in [2.75, 3.05) is 18.0 Å². The maximum atomic E-state index is 12.3. The predicted octanol–water partition coefficient (Wildman–Crippen LogP) is 3.52. The van der Waals surface area contributed by atoms with Crippen LogP contribution >= 0.6 is 11.6 Å². The second-order valence-electron chi connectivity index (χ2n) is 3.68. The number of hydrogen-bond acceptors (Lipinski definition) is 2. The quantitative estimate of drug-likeness (QED) is 0.775. The lowest BCUT2D eigenvalue weighted by molar-refractivity contribution is -0.119. The molecule has 96 valence electrons. The highest BCUT2D eigenvalue weighted by Crippen LogP contribution is 2.22. The summed E-state index contributed by atoms with van der Waals surface area (Å²) >= 11 is 5.67. The fourth-order valence-electron chi connectivity index (χ4n) is 1.47. The molecule has 0 saturated heterocycles. The van der Waals surface area contributed by atoms with Crippen LogP contribution in [0.5, 0.6) is 0 Å². The zero-order valence-electron chi connectivity index (χ0n) is 9.68. The van der Waals surface area contributed by atoms with Gasteiger partial charge in [0.05, 0.1) is 0 Å². The zero-order chi connectivity index (χ0) is 13.1. The number of aryl methyl sites for hydroxylation is 1. The number of aromatic nitrogens is 1. The van der Waals surface area contributed by atoms with Crippen LogP contribution in [0.4, 0.5) is 19.0 Å². The summed E-state index contributed by atoms with van der Waals surface area (Å²) in [6.07, 6.45) is -4.23. The molecular weight excluding hydrogens is 253 g/mol. The van der Waals surface area contributed by atoms with Crippen LogP contribution in [0.15, 0.2) is 12.1 Å². The fraction of sp³-hybridized carbons (Fsp3) is 0.545. The Morgan fingerprint density at radius 2 is 2.00 bits per heavy atom. The Morgan fingerprint density at radius 3 is 2.41 bits per heavy atom. The van der Waals surface area contributed by atoms with Crippen molar-refractivity contribution >= 4 is 17.4 Å². The minimum atomic E-state index is -4.23. The molecule has 0 amide bonds. The lowest BCUT2D eigenvalue weighted by atomic mass is 10.2. The topological polar surface area (TPSA) is 16.1 Å². The monoisotopic (exact) mass is 266 g/mol. The van der Waals surface area contributed by atoms with E-state index in [0.29, 0.717) is 17.4 Å². The Morgan fingerprint density at radius 1 is 1.35 bits per heavy atom. The van der Waals surface area contributed by atoms with Crippen molar-refractivity contribution in [1.82, 2.24) is 4.98 Å². The Balaban J connectivity index is 2.93. The molecule has 6 heteroatoms. The Hall–Kier alpha value is -0.970. The Kier molecular flexibility index (Phi) is 4.62. The number of pyridine rings is 1. The first-order valence-corrected chi connectivity index (χ1v) is 5.75. The van der Waals surface area contributed by atoms with Crippen molar-refractivity contribution in [3.05, 3.63) is 23.4 Å². The van der Waals surface area contributed by atoms with Crippen LogP contribution in [-0.2, 0) is 5.88 Å². The smallest absolute Gasteiger partial charge is 0.348 e. The van der Waals surface area contributed by atoms with Crippen molar-refractivity contribution < 1.29 is 13.2 Å². The lowest BCUT2D eigenvalue weighted by Gasteiger charge is -2.23. The number of nitrogens with zero attached hydrogens (tertiary/aromatic N) is 2. The van der Waals surface area contributed by atoms with Crippen LogP contribution in [0, 0.1) is 6.92 Å². The molecule has 0 bridgehead atoms. The van der Waals surface area contributed by atoms with Gasteiger partial charge in [0.15, 0.2) is 0 Å². The van der Waals surface area contributed by atoms with Gasteiger partial charge in [0.1, 0.15) is 12.4 Å². The molecule has 0 fully saturated rings. The fourth-order valence-corrected chi connectivity index (χ4v) is 1.75. The predicted molar refractivity (Wildman–Crippen MR) is 62.5 cm³/mol.